The highest BCUT2D eigenvalue weighted by Gasteiger charge is 2.08. The van der Waals surface area contributed by atoms with E-state index in [4.69, 9.17) is 0 Å². The molecule has 6 heteroatoms. The molecule has 4 rings (SSSR count). The van der Waals surface area contributed by atoms with Gasteiger partial charge in [0.25, 0.3) is 0 Å². The summed E-state index contributed by atoms with van der Waals surface area (Å²) in [4.78, 5) is 4.61. The lowest BCUT2D eigenvalue weighted by atomic mass is 10.1. The van der Waals surface area contributed by atoms with Crippen LogP contribution in [0.5, 0.6) is 5.75 Å². The predicted octanol–water partition coefficient (Wildman–Crippen LogP) is 2.83. The molecule has 0 radical (unpaired) electrons. The van der Waals surface area contributed by atoms with E-state index in [1.807, 2.05) is 48.8 Å². The second-order valence-corrected chi connectivity index (χ2v) is 5.02. The molecule has 3 aromatic heterocycles. The van der Waals surface area contributed by atoms with Gasteiger partial charge in [0.2, 0.25) is 0 Å². The lowest BCUT2D eigenvalue weighted by Crippen LogP contribution is -2.04. The van der Waals surface area contributed by atoms with Crippen LogP contribution in [0.2, 0.25) is 0 Å². The van der Waals surface area contributed by atoms with E-state index in [0.29, 0.717) is 11.6 Å². The molecule has 0 amide bonds. The standard InChI is InChI=1S/C17H13N5O/c23-15-5-3-13(4-6-15)14-11-16(21-9-1-7-18-21)20-17(12-14)22-10-2-8-19-22/h1-12,23H. The van der Waals surface area contributed by atoms with Crippen molar-refractivity contribution in [3.63, 3.8) is 0 Å². The van der Waals surface area contributed by atoms with Gasteiger partial charge in [-0.3, -0.25) is 0 Å². The van der Waals surface area contributed by atoms with Crippen molar-refractivity contribution in [2.24, 2.45) is 0 Å². The Hall–Kier alpha value is -3.41. The third-order valence-corrected chi connectivity index (χ3v) is 3.48. The lowest BCUT2D eigenvalue weighted by Gasteiger charge is -2.09. The Morgan fingerprint density at radius 3 is 1.78 bits per heavy atom. The Labute approximate surface area is 132 Å². The van der Waals surface area contributed by atoms with Gasteiger partial charge in [0.05, 0.1) is 0 Å². The number of benzene rings is 1. The van der Waals surface area contributed by atoms with Crippen LogP contribution in [0.3, 0.4) is 0 Å². The van der Waals surface area contributed by atoms with Gasteiger partial charge in [-0.25, -0.2) is 14.3 Å². The fourth-order valence-electron chi connectivity index (χ4n) is 2.37. The summed E-state index contributed by atoms with van der Waals surface area (Å²) in [6.07, 6.45) is 7.11. The fourth-order valence-corrected chi connectivity index (χ4v) is 2.37. The highest BCUT2D eigenvalue weighted by molar-refractivity contribution is 5.67. The van der Waals surface area contributed by atoms with Crippen molar-refractivity contribution in [2.75, 3.05) is 0 Å². The Bertz CT molecular complexity index is 860. The summed E-state index contributed by atoms with van der Waals surface area (Å²) in [5.74, 6) is 1.64. The van der Waals surface area contributed by atoms with E-state index in [2.05, 4.69) is 15.2 Å². The molecule has 0 fully saturated rings. The summed E-state index contributed by atoms with van der Waals surface area (Å²) in [6.45, 7) is 0. The Morgan fingerprint density at radius 2 is 1.30 bits per heavy atom. The molecule has 0 atom stereocenters. The second-order valence-electron chi connectivity index (χ2n) is 5.02. The number of pyridine rings is 1. The Balaban J connectivity index is 1.89. The topological polar surface area (TPSA) is 68.8 Å². The van der Waals surface area contributed by atoms with Gasteiger partial charge in [0.15, 0.2) is 11.6 Å². The number of aromatic nitrogens is 5. The predicted molar refractivity (Wildman–Crippen MR) is 85.6 cm³/mol. The molecular formula is C17H13N5O. The van der Waals surface area contributed by atoms with Crippen molar-refractivity contribution in [3.8, 4) is 28.5 Å². The van der Waals surface area contributed by atoms with Crippen LogP contribution < -0.4 is 0 Å². The Kier molecular flexibility index (Phi) is 3.12. The average molecular weight is 303 g/mol. The molecule has 23 heavy (non-hydrogen) atoms. The van der Waals surface area contributed by atoms with Gasteiger partial charge in [0.1, 0.15) is 5.75 Å². The Morgan fingerprint density at radius 1 is 0.739 bits per heavy atom. The summed E-state index contributed by atoms with van der Waals surface area (Å²) in [7, 11) is 0. The van der Waals surface area contributed by atoms with Crippen LogP contribution in [0.25, 0.3) is 22.8 Å². The molecule has 0 saturated heterocycles. The van der Waals surface area contributed by atoms with Gasteiger partial charge in [-0.15, -0.1) is 0 Å². The van der Waals surface area contributed by atoms with E-state index in [9.17, 15) is 5.11 Å². The first-order chi connectivity index (χ1) is 11.3. The summed E-state index contributed by atoms with van der Waals surface area (Å²) in [5, 5.41) is 18.0. The number of phenolic OH excluding ortho intramolecular Hbond substituents is 1. The van der Waals surface area contributed by atoms with E-state index < -0.39 is 0 Å². The van der Waals surface area contributed by atoms with Crippen LogP contribution in [-0.4, -0.2) is 29.7 Å². The molecule has 3 heterocycles. The van der Waals surface area contributed by atoms with E-state index in [1.54, 1.807) is 33.9 Å². The first-order valence-electron chi connectivity index (χ1n) is 7.11. The third-order valence-electron chi connectivity index (χ3n) is 3.48. The number of hydrogen-bond donors (Lipinski definition) is 1. The van der Waals surface area contributed by atoms with Crippen molar-refractivity contribution in [1.82, 2.24) is 24.5 Å². The molecule has 0 aliphatic rings. The summed E-state index contributed by atoms with van der Waals surface area (Å²) in [6, 6.07) is 14.7. The fraction of sp³-hybridized carbons (Fsp3) is 0. The molecule has 0 spiro atoms. The van der Waals surface area contributed by atoms with Gasteiger partial charge in [-0.1, -0.05) is 12.1 Å². The van der Waals surface area contributed by atoms with Crippen LogP contribution in [0.15, 0.2) is 73.3 Å². The maximum absolute atomic E-state index is 9.47. The van der Waals surface area contributed by atoms with Gasteiger partial charge < -0.3 is 5.11 Å². The van der Waals surface area contributed by atoms with Crippen LogP contribution in [-0.2, 0) is 0 Å². The van der Waals surface area contributed by atoms with Gasteiger partial charge in [-0.05, 0) is 47.5 Å². The van der Waals surface area contributed by atoms with Crippen molar-refractivity contribution < 1.29 is 5.11 Å². The SMILES string of the molecule is Oc1ccc(-c2cc(-n3cccn3)nc(-n3cccn3)c2)cc1. The zero-order chi connectivity index (χ0) is 15.6. The smallest absolute Gasteiger partial charge is 0.156 e. The van der Waals surface area contributed by atoms with Crippen molar-refractivity contribution in [1.29, 1.82) is 0 Å². The molecule has 0 unspecified atom stereocenters. The van der Waals surface area contributed by atoms with Crippen molar-refractivity contribution in [2.45, 2.75) is 0 Å². The van der Waals surface area contributed by atoms with Crippen LogP contribution in [0.1, 0.15) is 0 Å². The minimum Gasteiger partial charge on any atom is -0.508 e. The lowest BCUT2D eigenvalue weighted by molar-refractivity contribution is 0.475. The number of aromatic hydroxyl groups is 1. The molecule has 4 aromatic rings. The largest absolute Gasteiger partial charge is 0.508 e. The quantitative estimate of drug-likeness (QED) is 0.632. The minimum absolute atomic E-state index is 0.238. The van der Waals surface area contributed by atoms with Crippen molar-refractivity contribution >= 4 is 0 Å². The minimum atomic E-state index is 0.238. The van der Waals surface area contributed by atoms with Crippen molar-refractivity contribution in [3.05, 3.63) is 73.3 Å². The van der Waals surface area contributed by atoms with Crippen LogP contribution >= 0.6 is 0 Å². The maximum atomic E-state index is 9.47. The molecule has 1 N–H and O–H groups in total. The summed E-state index contributed by atoms with van der Waals surface area (Å²) < 4.78 is 3.41. The van der Waals surface area contributed by atoms with Gasteiger partial charge >= 0.3 is 0 Å². The van der Waals surface area contributed by atoms with E-state index in [1.165, 1.54) is 0 Å². The monoisotopic (exact) mass is 303 g/mol. The van der Waals surface area contributed by atoms with Crippen LogP contribution in [0, 0.1) is 0 Å². The highest BCUT2D eigenvalue weighted by atomic mass is 16.3. The highest BCUT2D eigenvalue weighted by Crippen LogP contribution is 2.25. The molecule has 0 bridgehead atoms. The molecule has 112 valence electrons. The first kappa shape index (κ1) is 13.3. The third kappa shape index (κ3) is 2.57. The van der Waals surface area contributed by atoms with Gasteiger partial charge in [0, 0.05) is 24.8 Å². The number of hydrogen-bond acceptors (Lipinski definition) is 4. The number of phenols is 1. The zero-order valence-corrected chi connectivity index (χ0v) is 12.1. The molecule has 0 saturated carbocycles. The molecule has 0 aliphatic carbocycles. The zero-order valence-electron chi connectivity index (χ0n) is 12.1. The van der Waals surface area contributed by atoms with E-state index in [-0.39, 0.29) is 5.75 Å². The van der Waals surface area contributed by atoms with Gasteiger partial charge in [-0.2, -0.15) is 10.2 Å². The van der Waals surface area contributed by atoms with E-state index >= 15 is 0 Å². The second kappa shape index (κ2) is 5.42. The van der Waals surface area contributed by atoms with Crippen LogP contribution in [0.4, 0.5) is 0 Å². The maximum Gasteiger partial charge on any atom is 0.156 e. The molecule has 1 aromatic carbocycles. The average Bonchev–Trinajstić information content (AvgIpc) is 3.29. The molecule has 0 aliphatic heterocycles. The number of rotatable bonds is 3. The molecule has 6 nitrogen and oxygen atoms in total. The van der Waals surface area contributed by atoms with E-state index in [0.717, 1.165) is 11.1 Å². The summed E-state index contributed by atoms with van der Waals surface area (Å²) in [5.41, 5.74) is 1.95. The number of nitrogens with zero attached hydrogens (tertiary/aromatic N) is 5. The summed E-state index contributed by atoms with van der Waals surface area (Å²) >= 11 is 0. The first-order valence-corrected chi connectivity index (χ1v) is 7.11. The molecular weight excluding hydrogens is 290 g/mol. The normalized spacial score (nSPS) is 10.8.